The molecular formula is C16H15ClF5N3O3. The molecule has 0 aliphatic carbocycles. The van der Waals surface area contributed by atoms with Crippen molar-refractivity contribution in [3.8, 4) is 0 Å². The molecule has 1 aromatic rings. The minimum absolute atomic E-state index is 0.0245. The molecule has 154 valence electrons. The van der Waals surface area contributed by atoms with Gasteiger partial charge in [0.2, 0.25) is 5.91 Å². The molecule has 1 aromatic carbocycles. The first-order valence-electron chi connectivity index (χ1n) is 8.02. The second kappa shape index (κ2) is 8.29. The number of nitrogens with one attached hydrogen (secondary N) is 2. The summed E-state index contributed by atoms with van der Waals surface area (Å²) in [5, 5.41) is 3.33. The fourth-order valence-corrected chi connectivity index (χ4v) is 2.72. The van der Waals surface area contributed by atoms with Crippen molar-refractivity contribution in [3.05, 3.63) is 28.8 Å². The van der Waals surface area contributed by atoms with Crippen molar-refractivity contribution in [3.63, 3.8) is 0 Å². The van der Waals surface area contributed by atoms with Crippen molar-refractivity contribution in [2.24, 2.45) is 5.92 Å². The Bertz CT molecular complexity index is 779. The Morgan fingerprint density at radius 2 is 1.89 bits per heavy atom. The number of amides is 3. The number of benzene rings is 1. The van der Waals surface area contributed by atoms with Crippen LogP contribution in [0.4, 0.5) is 27.6 Å². The fraction of sp³-hybridized carbons (Fsp3) is 0.438. The first-order valence-corrected chi connectivity index (χ1v) is 8.39. The number of nitrogens with zero attached hydrogens (tertiary/aromatic N) is 1. The third kappa shape index (κ3) is 5.09. The molecule has 1 heterocycles. The summed E-state index contributed by atoms with van der Waals surface area (Å²) in [7, 11) is 0. The van der Waals surface area contributed by atoms with Crippen LogP contribution in [0.1, 0.15) is 13.3 Å². The number of rotatable bonds is 3. The van der Waals surface area contributed by atoms with Gasteiger partial charge in [0.15, 0.2) is 11.6 Å². The maximum Gasteiger partial charge on any atom is 0.408 e. The Kier molecular flexibility index (Phi) is 6.48. The van der Waals surface area contributed by atoms with Crippen LogP contribution in [0.15, 0.2) is 12.1 Å². The quantitative estimate of drug-likeness (QED) is 0.442. The molecule has 0 bridgehead atoms. The molecule has 1 fully saturated rings. The molecule has 2 atom stereocenters. The Morgan fingerprint density at radius 1 is 1.25 bits per heavy atom. The third-order valence-corrected chi connectivity index (χ3v) is 4.41. The zero-order valence-corrected chi connectivity index (χ0v) is 15.1. The largest absolute Gasteiger partial charge is 0.408 e. The van der Waals surface area contributed by atoms with Gasteiger partial charge in [0.1, 0.15) is 6.04 Å². The highest BCUT2D eigenvalue weighted by molar-refractivity contribution is 6.35. The molecule has 0 aromatic heterocycles. The van der Waals surface area contributed by atoms with Gasteiger partial charge >= 0.3 is 18.0 Å². The first-order chi connectivity index (χ1) is 12.9. The minimum Gasteiger partial charge on any atom is -0.336 e. The van der Waals surface area contributed by atoms with E-state index in [0.717, 1.165) is 17.0 Å². The molecule has 1 aliphatic heterocycles. The number of alkyl halides is 3. The first kappa shape index (κ1) is 21.9. The summed E-state index contributed by atoms with van der Waals surface area (Å²) in [6.07, 6.45) is -4.56. The maximum atomic E-state index is 13.3. The topological polar surface area (TPSA) is 78.5 Å². The van der Waals surface area contributed by atoms with Crippen molar-refractivity contribution >= 4 is 35.0 Å². The van der Waals surface area contributed by atoms with E-state index in [2.05, 4.69) is 5.32 Å². The fourth-order valence-electron chi connectivity index (χ4n) is 2.51. The molecule has 2 N–H and O–H groups in total. The standard InChI is InChI=1S/C16H15ClF5N3O3/c1-7(16(20,21)22)23-14(27)15(28)25-3-2-8(6-25)13(26)24-9-4-10(17)12(19)11(18)5-9/h4-5,7-8H,2-3,6H2,1H3,(H,23,27)(H,24,26)/t7-,8?/m1/s1. The van der Waals surface area contributed by atoms with E-state index in [0.29, 0.717) is 6.92 Å². The van der Waals surface area contributed by atoms with Crippen molar-refractivity contribution in [2.75, 3.05) is 18.4 Å². The lowest BCUT2D eigenvalue weighted by Crippen LogP contribution is -2.49. The van der Waals surface area contributed by atoms with Crippen LogP contribution in [0, 0.1) is 17.6 Å². The van der Waals surface area contributed by atoms with Gasteiger partial charge in [-0.2, -0.15) is 13.2 Å². The number of hydrogen-bond acceptors (Lipinski definition) is 3. The highest BCUT2D eigenvalue weighted by Gasteiger charge is 2.40. The van der Waals surface area contributed by atoms with Crippen molar-refractivity contribution in [2.45, 2.75) is 25.6 Å². The van der Waals surface area contributed by atoms with Gasteiger partial charge in [0.05, 0.1) is 10.9 Å². The van der Waals surface area contributed by atoms with Crippen LogP contribution in [0.3, 0.4) is 0 Å². The van der Waals surface area contributed by atoms with Crippen LogP contribution >= 0.6 is 11.6 Å². The molecule has 1 aliphatic rings. The number of anilines is 1. The molecule has 1 unspecified atom stereocenters. The van der Waals surface area contributed by atoms with Crippen LogP contribution in [-0.2, 0) is 14.4 Å². The molecular weight excluding hydrogens is 413 g/mol. The average molecular weight is 428 g/mol. The number of carbonyl (C=O) groups is 3. The second-order valence-corrected chi connectivity index (χ2v) is 6.62. The Balaban J connectivity index is 1.94. The summed E-state index contributed by atoms with van der Waals surface area (Å²) in [4.78, 5) is 36.8. The van der Waals surface area contributed by atoms with Crippen LogP contribution in [0.25, 0.3) is 0 Å². The van der Waals surface area contributed by atoms with Gasteiger partial charge < -0.3 is 15.5 Å². The van der Waals surface area contributed by atoms with E-state index in [1.54, 1.807) is 5.32 Å². The minimum atomic E-state index is -4.70. The zero-order chi connectivity index (χ0) is 21.2. The van der Waals surface area contributed by atoms with Gasteiger partial charge in [-0.15, -0.1) is 0 Å². The SMILES string of the molecule is C[C@@H](NC(=O)C(=O)N1CCC(C(=O)Nc2cc(F)c(F)c(Cl)c2)C1)C(F)(F)F. The molecule has 2 rings (SSSR count). The van der Waals surface area contributed by atoms with E-state index in [-0.39, 0.29) is 25.2 Å². The Morgan fingerprint density at radius 3 is 2.46 bits per heavy atom. The van der Waals surface area contributed by atoms with E-state index in [4.69, 9.17) is 11.6 Å². The van der Waals surface area contributed by atoms with Crippen molar-refractivity contribution < 1.29 is 36.3 Å². The van der Waals surface area contributed by atoms with Crippen LogP contribution < -0.4 is 10.6 Å². The monoisotopic (exact) mass is 427 g/mol. The maximum absolute atomic E-state index is 13.3. The van der Waals surface area contributed by atoms with Gasteiger partial charge in [0, 0.05) is 24.8 Å². The summed E-state index contributed by atoms with van der Waals surface area (Å²) in [6.45, 7) is 0.456. The van der Waals surface area contributed by atoms with E-state index in [1.165, 1.54) is 0 Å². The molecule has 1 saturated heterocycles. The smallest absolute Gasteiger partial charge is 0.336 e. The summed E-state index contributed by atoms with van der Waals surface area (Å²) >= 11 is 5.49. The van der Waals surface area contributed by atoms with E-state index in [1.807, 2.05) is 0 Å². The van der Waals surface area contributed by atoms with Gasteiger partial charge in [-0.05, 0) is 19.4 Å². The Labute approximate surface area is 161 Å². The summed E-state index contributed by atoms with van der Waals surface area (Å²) in [6, 6.07) is -0.478. The third-order valence-electron chi connectivity index (χ3n) is 4.13. The normalized spacial score (nSPS) is 18.0. The number of carbonyl (C=O) groups excluding carboxylic acids is 3. The number of halogens is 6. The predicted octanol–water partition coefficient (Wildman–Crippen LogP) is 2.47. The highest BCUT2D eigenvalue weighted by Crippen LogP contribution is 2.25. The van der Waals surface area contributed by atoms with Gasteiger partial charge in [-0.3, -0.25) is 14.4 Å². The van der Waals surface area contributed by atoms with E-state index < -0.39 is 52.5 Å². The molecule has 0 saturated carbocycles. The lowest BCUT2D eigenvalue weighted by atomic mass is 10.1. The Hall–Kier alpha value is -2.43. The second-order valence-electron chi connectivity index (χ2n) is 6.22. The van der Waals surface area contributed by atoms with Crippen LogP contribution in [0.5, 0.6) is 0 Å². The van der Waals surface area contributed by atoms with E-state index >= 15 is 0 Å². The number of likely N-dealkylation sites (tertiary alicyclic amines) is 1. The van der Waals surface area contributed by atoms with E-state index in [9.17, 15) is 36.3 Å². The van der Waals surface area contributed by atoms with Crippen LogP contribution in [-0.4, -0.2) is 47.9 Å². The lowest BCUT2D eigenvalue weighted by Gasteiger charge is -2.20. The lowest BCUT2D eigenvalue weighted by molar-refractivity contribution is -0.162. The van der Waals surface area contributed by atoms with Gasteiger partial charge in [-0.1, -0.05) is 11.6 Å². The molecule has 28 heavy (non-hydrogen) atoms. The van der Waals surface area contributed by atoms with Crippen LogP contribution in [0.2, 0.25) is 5.02 Å². The summed E-state index contributed by atoms with van der Waals surface area (Å²) < 4.78 is 63.8. The molecule has 3 amide bonds. The summed E-state index contributed by atoms with van der Waals surface area (Å²) in [5.41, 5.74) is -0.101. The van der Waals surface area contributed by atoms with Crippen molar-refractivity contribution in [1.29, 1.82) is 0 Å². The zero-order valence-electron chi connectivity index (χ0n) is 14.4. The molecule has 0 radical (unpaired) electrons. The highest BCUT2D eigenvalue weighted by atomic mass is 35.5. The van der Waals surface area contributed by atoms with Gasteiger partial charge in [0.25, 0.3) is 0 Å². The summed E-state index contributed by atoms with van der Waals surface area (Å²) in [5.74, 6) is -6.58. The van der Waals surface area contributed by atoms with Gasteiger partial charge in [-0.25, -0.2) is 8.78 Å². The van der Waals surface area contributed by atoms with Crippen molar-refractivity contribution in [1.82, 2.24) is 10.2 Å². The predicted molar refractivity (Wildman–Crippen MR) is 88.3 cm³/mol. The average Bonchev–Trinajstić information content (AvgIpc) is 3.08. The molecule has 6 nitrogen and oxygen atoms in total. The molecule has 12 heteroatoms. The number of hydrogen-bond donors (Lipinski definition) is 2. The molecule has 0 spiro atoms.